The lowest BCUT2D eigenvalue weighted by molar-refractivity contribution is -0.120. The number of carbonyl (C=O) groups excluding carboxylic acids is 4. The number of carbonyl (C=O) groups is 4. The van der Waals surface area contributed by atoms with E-state index >= 15 is 0 Å². The minimum Gasteiger partial charge on any atom is -0.292 e. The number of rotatable bonds is 2. The molecular formula is C32H28Cl4N2O4S2. The summed E-state index contributed by atoms with van der Waals surface area (Å²) in [5.74, 6) is -2.69. The van der Waals surface area contributed by atoms with Gasteiger partial charge in [-0.15, -0.1) is 69.1 Å². The highest BCUT2D eigenvalue weighted by molar-refractivity contribution is 7.26. The summed E-state index contributed by atoms with van der Waals surface area (Å²) in [6.07, 6.45) is 6.83. The third-order valence-electron chi connectivity index (χ3n) is 10.8. The smallest absolute Gasteiger partial charge is 0.188 e. The van der Waals surface area contributed by atoms with Gasteiger partial charge in [-0.3, -0.25) is 19.2 Å². The molecule has 0 aliphatic heterocycles. The molecule has 5 fully saturated rings. The van der Waals surface area contributed by atoms with Crippen LogP contribution in [0, 0.1) is 23.7 Å². The molecule has 6 nitrogen and oxygen atoms in total. The number of Topliss-reactive ketones (excluding diaryl/α,β-unsaturated/α-hetero) is 4. The molecule has 2 heterocycles. The van der Waals surface area contributed by atoms with Crippen LogP contribution in [0.25, 0.3) is 9.75 Å². The molecule has 8 unspecified atom stereocenters. The first-order chi connectivity index (χ1) is 21.1. The molecule has 8 rings (SSSR count). The molecule has 8 atom stereocenters. The van der Waals surface area contributed by atoms with Crippen LogP contribution in [0.1, 0.15) is 68.9 Å². The first-order valence-corrected chi connectivity index (χ1v) is 18.6. The normalized spacial score (nSPS) is 35.6. The molecule has 230 valence electrons. The predicted octanol–water partition coefficient (Wildman–Crippen LogP) is 7.97. The van der Waals surface area contributed by atoms with Gasteiger partial charge < -0.3 is 0 Å². The van der Waals surface area contributed by atoms with Gasteiger partial charge in [-0.25, -0.2) is 9.98 Å². The Morgan fingerprint density at radius 1 is 0.568 bits per heavy atom. The topological polar surface area (TPSA) is 93.0 Å². The summed E-state index contributed by atoms with van der Waals surface area (Å²) in [6, 6.07) is 4.13. The Kier molecular flexibility index (Phi) is 7.36. The SMILES string of the molecule is O=C1C(=Nc2cc3c(s2)-c2sc(N=C4C(=O)C5CC(Cl)C(Cl)CC5C4=O)cc2C32CCCCC2)C(=O)C2CC(Cl)C(Cl)CC12. The van der Waals surface area contributed by atoms with E-state index in [1.165, 1.54) is 33.8 Å². The first-order valence-electron chi connectivity index (χ1n) is 15.3. The average Bonchev–Trinajstić information content (AvgIpc) is 3.77. The maximum atomic E-state index is 13.3. The van der Waals surface area contributed by atoms with Crippen molar-refractivity contribution >= 4 is 114 Å². The monoisotopic (exact) mass is 708 g/mol. The van der Waals surface area contributed by atoms with Crippen molar-refractivity contribution in [2.75, 3.05) is 0 Å². The fourth-order valence-corrected chi connectivity index (χ4v) is 12.1. The zero-order valence-corrected chi connectivity index (χ0v) is 28.1. The Hall–Kier alpha value is -1.42. The van der Waals surface area contributed by atoms with Crippen molar-refractivity contribution < 1.29 is 19.2 Å². The van der Waals surface area contributed by atoms with Gasteiger partial charge in [0.25, 0.3) is 0 Å². The van der Waals surface area contributed by atoms with Crippen molar-refractivity contribution in [3.05, 3.63) is 23.3 Å². The highest BCUT2D eigenvalue weighted by Gasteiger charge is 2.53. The summed E-state index contributed by atoms with van der Waals surface area (Å²) in [5.41, 5.74) is 2.21. The molecule has 1 spiro atoms. The minimum atomic E-state index is -0.448. The Morgan fingerprint density at radius 3 is 1.25 bits per heavy atom. The summed E-state index contributed by atoms with van der Waals surface area (Å²) in [4.78, 5) is 64.7. The van der Waals surface area contributed by atoms with Crippen LogP contribution in [0.3, 0.4) is 0 Å². The fraction of sp³-hybridized carbons (Fsp3) is 0.562. The Bertz CT molecular complexity index is 1530. The number of hydrogen-bond donors (Lipinski definition) is 0. The summed E-state index contributed by atoms with van der Waals surface area (Å²) in [6.45, 7) is 0. The van der Waals surface area contributed by atoms with E-state index in [0.29, 0.717) is 35.7 Å². The second-order valence-electron chi connectivity index (χ2n) is 13.1. The van der Waals surface area contributed by atoms with Crippen molar-refractivity contribution in [3.63, 3.8) is 0 Å². The minimum absolute atomic E-state index is 0.0174. The zero-order valence-electron chi connectivity index (χ0n) is 23.5. The molecule has 0 saturated heterocycles. The number of thiophene rings is 2. The predicted molar refractivity (Wildman–Crippen MR) is 177 cm³/mol. The molecule has 2 aromatic rings. The van der Waals surface area contributed by atoms with Gasteiger partial charge in [0.2, 0.25) is 0 Å². The summed E-state index contributed by atoms with van der Waals surface area (Å²) >= 11 is 28.4. The van der Waals surface area contributed by atoms with Gasteiger partial charge in [-0.1, -0.05) is 19.3 Å². The first kappa shape index (κ1) is 29.9. The number of halogens is 4. The van der Waals surface area contributed by atoms with Crippen LogP contribution < -0.4 is 0 Å². The van der Waals surface area contributed by atoms with Crippen LogP contribution in [-0.4, -0.2) is 56.1 Å². The van der Waals surface area contributed by atoms with Crippen molar-refractivity contribution in [2.24, 2.45) is 33.7 Å². The Balaban J connectivity index is 1.16. The second kappa shape index (κ2) is 10.8. The Morgan fingerprint density at radius 2 is 0.909 bits per heavy atom. The molecule has 6 aliphatic rings. The zero-order chi connectivity index (χ0) is 30.7. The summed E-state index contributed by atoms with van der Waals surface area (Å²) in [5, 5.41) is -0.0709. The number of ketones is 4. The molecule has 0 N–H and O–H groups in total. The van der Waals surface area contributed by atoms with Gasteiger partial charge in [0.1, 0.15) is 10.0 Å². The quantitative estimate of drug-likeness (QED) is 0.296. The van der Waals surface area contributed by atoms with Crippen molar-refractivity contribution in [3.8, 4) is 9.75 Å². The van der Waals surface area contributed by atoms with E-state index < -0.39 is 23.7 Å². The van der Waals surface area contributed by atoms with Crippen LogP contribution in [-0.2, 0) is 24.6 Å². The van der Waals surface area contributed by atoms with E-state index in [2.05, 4.69) is 22.1 Å². The van der Waals surface area contributed by atoms with Gasteiger partial charge >= 0.3 is 0 Å². The highest BCUT2D eigenvalue weighted by atomic mass is 35.5. The fourth-order valence-electron chi connectivity index (χ4n) is 8.52. The van der Waals surface area contributed by atoms with E-state index in [0.717, 1.165) is 41.9 Å². The van der Waals surface area contributed by atoms with E-state index in [9.17, 15) is 19.2 Å². The third kappa shape index (κ3) is 4.37. The molecule has 0 radical (unpaired) electrons. The summed E-state index contributed by atoms with van der Waals surface area (Å²) < 4.78 is 0. The summed E-state index contributed by atoms with van der Waals surface area (Å²) in [7, 11) is 0. The van der Waals surface area contributed by atoms with Gasteiger partial charge in [-0.2, -0.15) is 0 Å². The van der Waals surface area contributed by atoms with Gasteiger partial charge in [0, 0.05) is 29.1 Å². The standard InChI is InChI=1S/C32H28Cl4N2O4S2/c33-18-6-12-13(7-19(18)34)27(40)24(26(12)39)37-22-10-16-30(43-22)31-17(32(16)4-2-1-3-5-32)11-23(44-31)38-25-28(41)14-8-20(35)21(36)9-15(14)29(25)42/h10-15,18-21H,1-9H2. The number of nitrogens with zero attached hydrogens (tertiary/aromatic N) is 2. The maximum absolute atomic E-state index is 13.3. The molecule has 12 heteroatoms. The highest BCUT2D eigenvalue weighted by Crippen LogP contribution is 2.63. The number of hydrogen-bond acceptors (Lipinski definition) is 8. The lowest BCUT2D eigenvalue weighted by Gasteiger charge is -2.34. The van der Waals surface area contributed by atoms with Gasteiger partial charge in [0.15, 0.2) is 34.6 Å². The van der Waals surface area contributed by atoms with Crippen LogP contribution in [0.2, 0.25) is 0 Å². The van der Waals surface area contributed by atoms with Crippen LogP contribution in [0.15, 0.2) is 22.1 Å². The van der Waals surface area contributed by atoms with E-state index in [1.54, 1.807) is 0 Å². The van der Waals surface area contributed by atoms with Crippen LogP contribution in [0.4, 0.5) is 10.0 Å². The molecule has 44 heavy (non-hydrogen) atoms. The van der Waals surface area contributed by atoms with Crippen molar-refractivity contribution in [1.82, 2.24) is 0 Å². The van der Waals surface area contributed by atoms with Gasteiger partial charge in [-0.05, 0) is 61.8 Å². The molecule has 0 bridgehead atoms. The van der Waals surface area contributed by atoms with Crippen LogP contribution >= 0.6 is 69.1 Å². The number of alkyl halides is 4. The third-order valence-corrected chi connectivity index (χ3v) is 15.2. The average molecular weight is 711 g/mol. The Labute approximate surface area is 282 Å². The van der Waals surface area contributed by atoms with Gasteiger partial charge in [0.05, 0.1) is 31.3 Å². The molecular weight excluding hydrogens is 682 g/mol. The number of fused-ring (bicyclic) bond motifs is 7. The molecule has 0 aromatic carbocycles. The molecule has 0 amide bonds. The van der Waals surface area contributed by atoms with Crippen LogP contribution in [0.5, 0.6) is 0 Å². The van der Waals surface area contributed by atoms with Crippen molar-refractivity contribution in [2.45, 2.75) is 84.7 Å². The number of aliphatic imine (C=N–C) groups is 2. The molecule has 6 aliphatic carbocycles. The lowest BCUT2D eigenvalue weighted by Crippen LogP contribution is -2.34. The van der Waals surface area contributed by atoms with E-state index in [1.807, 2.05) is 0 Å². The maximum Gasteiger partial charge on any atom is 0.188 e. The lowest BCUT2D eigenvalue weighted by atomic mass is 9.68. The van der Waals surface area contributed by atoms with E-state index in [4.69, 9.17) is 46.4 Å². The van der Waals surface area contributed by atoms with Crippen molar-refractivity contribution in [1.29, 1.82) is 0 Å². The van der Waals surface area contributed by atoms with E-state index in [-0.39, 0.29) is 61.5 Å². The second-order valence-corrected chi connectivity index (χ2v) is 17.4. The molecule has 2 aromatic heterocycles. The largest absolute Gasteiger partial charge is 0.292 e. The molecule has 5 saturated carbocycles.